The van der Waals surface area contributed by atoms with E-state index in [1.54, 1.807) is 20.0 Å². The van der Waals surface area contributed by atoms with Crippen molar-refractivity contribution < 1.29 is 14.3 Å². The molecule has 0 radical (unpaired) electrons. The van der Waals surface area contributed by atoms with Crippen molar-refractivity contribution in [2.75, 3.05) is 11.9 Å². The molecule has 0 atom stereocenters. The fourth-order valence-electron chi connectivity index (χ4n) is 1.86. The minimum atomic E-state index is -0.532. The van der Waals surface area contributed by atoms with Crippen molar-refractivity contribution in [2.24, 2.45) is 7.05 Å². The van der Waals surface area contributed by atoms with E-state index < -0.39 is 11.7 Å². The largest absolute Gasteiger partial charge is 0.384 e. The molecule has 2 rings (SSSR count). The van der Waals surface area contributed by atoms with Crippen LogP contribution in [0.3, 0.4) is 0 Å². The van der Waals surface area contributed by atoms with E-state index in [0.29, 0.717) is 11.4 Å². The van der Waals surface area contributed by atoms with E-state index in [4.69, 9.17) is 5.11 Å². The molecule has 0 saturated carbocycles. The summed E-state index contributed by atoms with van der Waals surface area (Å²) in [6.45, 7) is 1.47. The average molecular weight is 287 g/mol. The fraction of sp³-hybridized carbons (Fsp3) is 0.200. The van der Waals surface area contributed by atoms with Crippen LogP contribution >= 0.6 is 0 Å². The van der Waals surface area contributed by atoms with Gasteiger partial charge in [-0.15, -0.1) is 0 Å². The lowest BCUT2D eigenvalue weighted by atomic mass is 10.1. The highest BCUT2D eigenvalue weighted by molar-refractivity contribution is 6.05. The zero-order valence-electron chi connectivity index (χ0n) is 11.6. The third-order valence-electron chi connectivity index (χ3n) is 2.77. The molecule has 1 amide bonds. The van der Waals surface area contributed by atoms with E-state index in [9.17, 15) is 9.18 Å². The number of carbonyl (C=O) groups excluding carboxylic acids is 1. The summed E-state index contributed by atoms with van der Waals surface area (Å²) in [7, 11) is 1.70. The first-order valence-corrected chi connectivity index (χ1v) is 6.22. The summed E-state index contributed by atoms with van der Waals surface area (Å²) >= 11 is 0. The standard InChI is InChI=1S/C15H14FN3O2/c1-10-8-14(19(2)18-10)17-15(21)13-9-12(16)6-5-11(13)4-3-7-20/h5-6,8-9,20H,7H2,1-2H3,(H,17,21). The Labute approximate surface area is 121 Å². The number of anilines is 1. The van der Waals surface area contributed by atoms with Crippen molar-refractivity contribution in [3.05, 3.63) is 46.9 Å². The molecule has 0 saturated heterocycles. The van der Waals surface area contributed by atoms with Gasteiger partial charge in [0.05, 0.1) is 11.3 Å². The van der Waals surface area contributed by atoms with Gasteiger partial charge in [-0.3, -0.25) is 9.48 Å². The Morgan fingerprint density at radius 1 is 1.48 bits per heavy atom. The lowest BCUT2D eigenvalue weighted by Crippen LogP contribution is -2.16. The summed E-state index contributed by atoms with van der Waals surface area (Å²) in [4.78, 5) is 12.3. The highest BCUT2D eigenvalue weighted by Crippen LogP contribution is 2.14. The van der Waals surface area contributed by atoms with Gasteiger partial charge in [0.2, 0.25) is 0 Å². The highest BCUT2D eigenvalue weighted by atomic mass is 19.1. The molecule has 108 valence electrons. The number of halogens is 1. The van der Waals surface area contributed by atoms with E-state index in [1.165, 1.54) is 16.8 Å². The van der Waals surface area contributed by atoms with Crippen LogP contribution in [0.25, 0.3) is 0 Å². The number of nitrogens with one attached hydrogen (secondary N) is 1. The predicted molar refractivity (Wildman–Crippen MR) is 76.3 cm³/mol. The molecule has 0 spiro atoms. The maximum atomic E-state index is 13.4. The van der Waals surface area contributed by atoms with E-state index in [0.717, 1.165) is 11.8 Å². The third-order valence-corrected chi connectivity index (χ3v) is 2.77. The van der Waals surface area contributed by atoms with Gasteiger partial charge in [-0.05, 0) is 25.1 Å². The van der Waals surface area contributed by atoms with Gasteiger partial charge in [0.1, 0.15) is 18.2 Å². The maximum absolute atomic E-state index is 13.4. The van der Waals surface area contributed by atoms with Gasteiger partial charge in [0.25, 0.3) is 5.91 Å². The molecule has 21 heavy (non-hydrogen) atoms. The Morgan fingerprint density at radius 3 is 2.86 bits per heavy atom. The third kappa shape index (κ3) is 3.46. The zero-order chi connectivity index (χ0) is 15.4. The number of aromatic nitrogens is 2. The second kappa shape index (κ2) is 6.20. The summed E-state index contributed by atoms with van der Waals surface area (Å²) in [5.41, 5.74) is 1.21. The van der Waals surface area contributed by atoms with E-state index in [-0.39, 0.29) is 12.2 Å². The summed E-state index contributed by atoms with van der Waals surface area (Å²) < 4.78 is 14.9. The Hall–Kier alpha value is -2.65. The van der Waals surface area contributed by atoms with Crippen LogP contribution in [0.1, 0.15) is 21.6 Å². The van der Waals surface area contributed by atoms with Crippen molar-refractivity contribution >= 4 is 11.7 Å². The number of carbonyl (C=O) groups is 1. The van der Waals surface area contributed by atoms with Crippen molar-refractivity contribution in [1.29, 1.82) is 0 Å². The molecule has 0 fully saturated rings. The second-order valence-electron chi connectivity index (χ2n) is 4.40. The minimum absolute atomic E-state index is 0.106. The van der Waals surface area contributed by atoms with Gasteiger partial charge >= 0.3 is 0 Å². The van der Waals surface area contributed by atoms with Crippen molar-refractivity contribution in [3.8, 4) is 11.8 Å². The summed E-state index contributed by atoms with van der Waals surface area (Å²) in [6.07, 6.45) is 0. The molecule has 0 aliphatic rings. The number of aliphatic hydroxyl groups excluding tert-OH is 1. The Morgan fingerprint density at radius 2 is 2.24 bits per heavy atom. The van der Waals surface area contributed by atoms with E-state index in [2.05, 4.69) is 22.3 Å². The number of nitrogens with zero attached hydrogens (tertiary/aromatic N) is 2. The quantitative estimate of drug-likeness (QED) is 0.822. The first-order valence-electron chi connectivity index (χ1n) is 6.22. The highest BCUT2D eigenvalue weighted by Gasteiger charge is 2.14. The number of amides is 1. The molecule has 6 heteroatoms. The number of hydrogen-bond acceptors (Lipinski definition) is 3. The fourth-order valence-corrected chi connectivity index (χ4v) is 1.86. The van der Waals surface area contributed by atoms with Crippen LogP contribution in [0.2, 0.25) is 0 Å². The maximum Gasteiger partial charge on any atom is 0.258 e. The second-order valence-corrected chi connectivity index (χ2v) is 4.40. The van der Waals surface area contributed by atoms with Gasteiger partial charge in [-0.25, -0.2) is 4.39 Å². The summed E-state index contributed by atoms with van der Waals surface area (Å²) in [5.74, 6) is 4.56. The predicted octanol–water partition coefficient (Wildman–Crippen LogP) is 1.46. The van der Waals surface area contributed by atoms with Crippen molar-refractivity contribution in [1.82, 2.24) is 9.78 Å². The molecule has 2 N–H and O–H groups in total. The first-order chi connectivity index (χ1) is 10.0. The molecule has 5 nitrogen and oxygen atoms in total. The Kier molecular flexibility index (Phi) is 4.36. The molecule has 0 bridgehead atoms. The van der Waals surface area contributed by atoms with Crippen LogP contribution in [0.5, 0.6) is 0 Å². The van der Waals surface area contributed by atoms with Crippen molar-refractivity contribution in [3.63, 3.8) is 0 Å². The van der Waals surface area contributed by atoms with Gasteiger partial charge in [-0.2, -0.15) is 5.10 Å². The van der Waals surface area contributed by atoms with Gasteiger partial charge in [0.15, 0.2) is 0 Å². The molecule has 0 aliphatic heterocycles. The smallest absolute Gasteiger partial charge is 0.258 e. The van der Waals surface area contributed by atoms with Gasteiger partial charge < -0.3 is 10.4 Å². The van der Waals surface area contributed by atoms with Crippen LogP contribution in [0.15, 0.2) is 24.3 Å². The molecular weight excluding hydrogens is 273 g/mol. The molecule has 1 aromatic heterocycles. The van der Waals surface area contributed by atoms with Gasteiger partial charge in [-0.1, -0.05) is 11.8 Å². The number of hydrogen-bond donors (Lipinski definition) is 2. The molecule has 1 heterocycles. The molecular formula is C15H14FN3O2. The lowest BCUT2D eigenvalue weighted by molar-refractivity contribution is 0.102. The molecule has 0 unspecified atom stereocenters. The number of benzene rings is 1. The lowest BCUT2D eigenvalue weighted by Gasteiger charge is -2.07. The minimum Gasteiger partial charge on any atom is -0.384 e. The summed E-state index contributed by atoms with van der Waals surface area (Å²) in [5, 5.41) is 15.5. The normalized spacial score (nSPS) is 9.90. The number of aryl methyl sites for hydroxylation is 2. The first kappa shape index (κ1) is 14.8. The van der Waals surface area contributed by atoms with Crippen molar-refractivity contribution in [2.45, 2.75) is 6.92 Å². The van der Waals surface area contributed by atoms with E-state index in [1.807, 2.05) is 0 Å². The molecule has 2 aromatic rings. The van der Waals surface area contributed by atoms with Crippen LogP contribution in [-0.4, -0.2) is 27.4 Å². The summed E-state index contributed by atoms with van der Waals surface area (Å²) in [6, 6.07) is 5.43. The van der Waals surface area contributed by atoms with Crippen LogP contribution in [-0.2, 0) is 7.05 Å². The Balaban J connectivity index is 2.34. The van der Waals surface area contributed by atoms with E-state index >= 15 is 0 Å². The van der Waals surface area contributed by atoms with Gasteiger partial charge in [0, 0.05) is 18.7 Å². The van der Waals surface area contributed by atoms with Crippen LogP contribution < -0.4 is 5.32 Å². The number of aliphatic hydroxyl groups is 1. The monoisotopic (exact) mass is 287 g/mol. The average Bonchev–Trinajstić information content (AvgIpc) is 2.75. The molecule has 1 aromatic carbocycles. The molecule has 0 aliphatic carbocycles. The number of rotatable bonds is 2. The zero-order valence-corrected chi connectivity index (χ0v) is 11.6. The topological polar surface area (TPSA) is 67.2 Å². The SMILES string of the molecule is Cc1cc(NC(=O)c2cc(F)ccc2C#CCO)n(C)n1. The van der Waals surface area contributed by atoms with Crippen LogP contribution in [0.4, 0.5) is 10.2 Å². The Bertz CT molecular complexity index is 741. The van der Waals surface area contributed by atoms with Crippen LogP contribution in [0, 0.1) is 24.6 Å².